The number of carbonyl (C=O) groups excluding carboxylic acids is 2. The predicted octanol–water partition coefficient (Wildman–Crippen LogP) is 3.17. The standard InChI is InChI=1S/C25H25N3O4S/c1-3-33(32)18-7-4-16(5-8-18)14-23(30)28-21-10-9-19-20(27-21)12-13-25(2,24(19)31)17-6-11-22(29)26-15-17/h4-11,15H,3,12-14H2,1-2H3,(H,26,29)(H,27,28,30). The Bertz CT molecular complexity index is 1280. The molecule has 1 aromatic carbocycles. The van der Waals surface area contributed by atoms with Gasteiger partial charge in [0.25, 0.3) is 0 Å². The lowest BCUT2D eigenvalue weighted by molar-refractivity contribution is -0.115. The van der Waals surface area contributed by atoms with Crippen molar-refractivity contribution in [2.45, 2.75) is 43.4 Å². The zero-order valence-corrected chi connectivity index (χ0v) is 19.3. The summed E-state index contributed by atoms with van der Waals surface area (Å²) >= 11 is 0. The number of aromatic amines is 1. The second kappa shape index (κ2) is 9.23. The molecular weight excluding hydrogens is 438 g/mol. The second-order valence-electron chi connectivity index (χ2n) is 8.30. The molecule has 0 fully saturated rings. The van der Waals surface area contributed by atoms with Crippen LogP contribution in [0.1, 0.15) is 47.4 Å². The zero-order valence-electron chi connectivity index (χ0n) is 18.5. The molecule has 0 spiro atoms. The molecule has 4 rings (SSSR count). The third-order valence-corrected chi connectivity index (χ3v) is 7.41. The molecule has 2 atom stereocenters. The van der Waals surface area contributed by atoms with Gasteiger partial charge in [-0.15, -0.1) is 0 Å². The van der Waals surface area contributed by atoms with E-state index in [1.165, 1.54) is 6.07 Å². The van der Waals surface area contributed by atoms with E-state index >= 15 is 0 Å². The number of anilines is 1. The highest BCUT2D eigenvalue weighted by Gasteiger charge is 2.40. The van der Waals surface area contributed by atoms with Gasteiger partial charge in [-0.05, 0) is 55.2 Å². The van der Waals surface area contributed by atoms with Gasteiger partial charge in [-0.25, -0.2) is 4.98 Å². The zero-order chi connectivity index (χ0) is 23.6. The number of nitrogens with one attached hydrogen (secondary N) is 2. The molecule has 2 unspecified atom stereocenters. The molecule has 2 aromatic heterocycles. The number of ketones is 1. The monoisotopic (exact) mass is 463 g/mol. The van der Waals surface area contributed by atoms with Crippen molar-refractivity contribution in [1.82, 2.24) is 9.97 Å². The number of hydrogen-bond acceptors (Lipinski definition) is 5. The number of carbonyl (C=O) groups is 2. The van der Waals surface area contributed by atoms with E-state index in [0.29, 0.717) is 35.7 Å². The molecule has 1 amide bonds. The molecule has 170 valence electrons. The Morgan fingerprint density at radius 3 is 2.55 bits per heavy atom. The number of Topliss-reactive ketones (excluding diaryl/α,β-unsaturated/α-hetero) is 1. The van der Waals surface area contributed by atoms with E-state index in [1.807, 2.05) is 13.8 Å². The van der Waals surface area contributed by atoms with Gasteiger partial charge >= 0.3 is 0 Å². The molecule has 2 heterocycles. The van der Waals surface area contributed by atoms with Crippen LogP contribution in [-0.2, 0) is 33.9 Å². The summed E-state index contributed by atoms with van der Waals surface area (Å²) in [5.74, 6) is 0.691. The first-order valence-electron chi connectivity index (χ1n) is 10.8. The minimum Gasteiger partial charge on any atom is -0.329 e. The molecular formula is C25H25N3O4S. The summed E-state index contributed by atoms with van der Waals surface area (Å²) in [6.07, 6.45) is 2.90. The Balaban J connectivity index is 1.46. The normalized spacial score (nSPS) is 18.4. The summed E-state index contributed by atoms with van der Waals surface area (Å²) in [7, 11) is -1.02. The highest BCUT2D eigenvalue weighted by Crippen LogP contribution is 2.37. The Labute approximate surface area is 194 Å². The summed E-state index contributed by atoms with van der Waals surface area (Å²) in [5.41, 5.74) is 1.83. The first kappa shape index (κ1) is 22.8. The van der Waals surface area contributed by atoms with Crippen LogP contribution >= 0.6 is 0 Å². The number of H-pyrrole nitrogens is 1. The molecule has 0 radical (unpaired) electrons. The number of aromatic nitrogens is 2. The van der Waals surface area contributed by atoms with Crippen LogP contribution in [0.4, 0.5) is 5.82 Å². The smallest absolute Gasteiger partial charge is 0.247 e. The molecule has 1 aliphatic carbocycles. The lowest BCUT2D eigenvalue weighted by atomic mass is 9.69. The number of pyridine rings is 2. The maximum Gasteiger partial charge on any atom is 0.247 e. The largest absolute Gasteiger partial charge is 0.329 e. The first-order chi connectivity index (χ1) is 15.8. The highest BCUT2D eigenvalue weighted by molar-refractivity contribution is 7.85. The van der Waals surface area contributed by atoms with Crippen LogP contribution in [0.15, 0.2) is 64.4 Å². The number of nitrogens with zero attached hydrogens (tertiary/aromatic N) is 1. The van der Waals surface area contributed by atoms with Crippen LogP contribution < -0.4 is 10.9 Å². The van der Waals surface area contributed by atoms with Crippen LogP contribution in [0, 0.1) is 0 Å². The fourth-order valence-corrected chi connectivity index (χ4v) is 4.85. The molecule has 0 aliphatic heterocycles. The van der Waals surface area contributed by atoms with Crippen molar-refractivity contribution < 1.29 is 13.8 Å². The Morgan fingerprint density at radius 2 is 1.88 bits per heavy atom. The summed E-state index contributed by atoms with van der Waals surface area (Å²) in [6, 6.07) is 13.6. The summed E-state index contributed by atoms with van der Waals surface area (Å²) in [4.78, 5) is 45.0. The first-order valence-corrected chi connectivity index (χ1v) is 12.1. The number of amides is 1. The van der Waals surface area contributed by atoms with Crippen molar-refractivity contribution in [2.75, 3.05) is 11.1 Å². The number of fused-ring (bicyclic) bond motifs is 1. The van der Waals surface area contributed by atoms with Gasteiger partial charge in [0, 0.05) is 28.5 Å². The van der Waals surface area contributed by atoms with Crippen molar-refractivity contribution in [3.8, 4) is 0 Å². The van der Waals surface area contributed by atoms with Crippen LogP contribution in [-0.4, -0.2) is 31.6 Å². The van der Waals surface area contributed by atoms with Crippen molar-refractivity contribution in [3.63, 3.8) is 0 Å². The van der Waals surface area contributed by atoms with Gasteiger partial charge in [-0.2, -0.15) is 0 Å². The Hall–Kier alpha value is -3.39. The van der Waals surface area contributed by atoms with E-state index < -0.39 is 16.2 Å². The topological polar surface area (TPSA) is 109 Å². The second-order valence-corrected chi connectivity index (χ2v) is 10.0. The van der Waals surface area contributed by atoms with Crippen molar-refractivity contribution >= 4 is 28.3 Å². The minimum atomic E-state index is -1.02. The molecule has 0 saturated carbocycles. The highest BCUT2D eigenvalue weighted by atomic mass is 32.2. The van der Waals surface area contributed by atoms with E-state index in [1.54, 1.807) is 48.7 Å². The molecule has 33 heavy (non-hydrogen) atoms. The van der Waals surface area contributed by atoms with Gasteiger partial charge in [0.05, 0.1) is 28.3 Å². The quantitative estimate of drug-likeness (QED) is 0.584. The fourth-order valence-electron chi connectivity index (χ4n) is 4.07. The van der Waals surface area contributed by atoms with Gasteiger partial charge in [-0.1, -0.05) is 25.1 Å². The Kier molecular flexibility index (Phi) is 6.37. The molecule has 8 heteroatoms. The average molecular weight is 464 g/mol. The number of rotatable bonds is 6. The lowest BCUT2D eigenvalue weighted by Crippen LogP contribution is -2.38. The summed E-state index contributed by atoms with van der Waals surface area (Å²) < 4.78 is 11.8. The van der Waals surface area contributed by atoms with Gasteiger partial charge in [0.1, 0.15) is 5.82 Å². The minimum absolute atomic E-state index is 0.0502. The van der Waals surface area contributed by atoms with Gasteiger partial charge < -0.3 is 10.3 Å². The molecule has 0 bridgehead atoms. The van der Waals surface area contributed by atoms with E-state index in [4.69, 9.17) is 0 Å². The molecule has 3 aromatic rings. The van der Waals surface area contributed by atoms with Crippen LogP contribution in [0.25, 0.3) is 0 Å². The average Bonchev–Trinajstić information content (AvgIpc) is 2.82. The summed E-state index contributed by atoms with van der Waals surface area (Å²) in [5, 5.41) is 2.80. The maximum atomic E-state index is 13.3. The lowest BCUT2D eigenvalue weighted by Gasteiger charge is -2.33. The van der Waals surface area contributed by atoms with Crippen molar-refractivity contribution in [1.29, 1.82) is 0 Å². The van der Waals surface area contributed by atoms with Crippen LogP contribution in [0.5, 0.6) is 0 Å². The van der Waals surface area contributed by atoms with E-state index in [0.717, 1.165) is 16.0 Å². The number of hydrogen-bond donors (Lipinski definition) is 2. The number of benzene rings is 1. The maximum absolute atomic E-state index is 13.3. The van der Waals surface area contributed by atoms with E-state index in [-0.39, 0.29) is 23.7 Å². The van der Waals surface area contributed by atoms with Gasteiger partial charge in [-0.3, -0.25) is 18.6 Å². The van der Waals surface area contributed by atoms with Crippen molar-refractivity contribution in [2.24, 2.45) is 0 Å². The number of aryl methyl sites for hydroxylation is 1. The fraction of sp³-hybridized carbons (Fsp3) is 0.280. The van der Waals surface area contributed by atoms with Crippen LogP contribution in [0.2, 0.25) is 0 Å². The molecule has 0 saturated heterocycles. The third kappa shape index (κ3) is 4.71. The third-order valence-electron chi connectivity index (χ3n) is 6.08. The van der Waals surface area contributed by atoms with Crippen LogP contribution in [0.3, 0.4) is 0 Å². The molecule has 2 N–H and O–H groups in total. The SMILES string of the molecule is CCS(=O)c1ccc(CC(=O)Nc2ccc3c(n2)CCC(C)(c2ccc(=O)[nH]c2)C3=O)cc1. The van der Waals surface area contributed by atoms with Crippen molar-refractivity contribution in [3.05, 3.63) is 87.5 Å². The van der Waals surface area contributed by atoms with E-state index in [2.05, 4.69) is 15.3 Å². The summed E-state index contributed by atoms with van der Waals surface area (Å²) in [6.45, 7) is 3.74. The predicted molar refractivity (Wildman–Crippen MR) is 127 cm³/mol. The Morgan fingerprint density at radius 1 is 1.12 bits per heavy atom. The van der Waals surface area contributed by atoms with E-state index in [9.17, 15) is 18.6 Å². The van der Waals surface area contributed by atoms with Gasteiger partial charge in [0.15, 0.2) is 5.78 Å². The molecule has 7 nitrogen and oxygen atoms in total. The molecule has 1 aliphatic rings. The van der Waals surface area contributed by atoms with Gasteiger partial charge in [0.2, 0.25) is 11.5 Å².